The molecule has 4 atom stereocenters. The summed E-state index contributed by atoms with van der Waals surface area (Å²) in [6, 6.07) is 7.56. The molecule has 0 unspecified atom stereocenters. The number of unbranched alkanes of at least 4 members (excludes halogenated alkanes) is 1. The van der Waals surface area contributed by atoms with Crippen LogP contribution in [-0.4, -0.2) is 24.9 Å². The molecule has 1 spiro atoms. The van der Waals surface area contributed by atoms with E-state index in [0.717, 1.165) is 35.8 Å². The molecule has 2 bridgehead atoms. The minimum absolute atomic E-state index is 0.0195. The number of carbonyl (C=O) groups excluding carboxylic acids is 2. The summed E-state index contributed by atoms with van der Waals surface area (Å²) >= 11 is 3.41. The second kappa shape index (κ2) is 7.40. The first-order valence-electron chi connectivity index (χ1n) is 9.79. The van der Waals surface area contributed by atoms with Gasteiger partial charge in [-0.15, -0.1) is 0 Å². The number of nitrogens with one attached hydrogen (secondary N) is 2. The molecule has 27 heavy (non-hydrogen) atoms. The third-order valence-electron chi connectivity index (χ3n) is 6.49. The van der Waals surface area contributed by atoms with E-state index in [1.165, 1.54) is 0 Å². The van der Waals surface area contributed by atoms with Crippen LogP contribution >= 0.6 is 15.9 Å². The van der Waals surface area contributed by atoms with Crippen molar-refractivity contribution >= 4 is 33.4 Å². The topological polar surface area (TPSA) is 84.2 Å². The number of hydrogen-bond acceptors (Lipinski definition) is 3. The smallest absolute Gasteiger partial charge is 0.228 e. The van der Waals surface area contributed by atoms with Gasteiger partial charge < -0.3 is 16.4 Å². The van der Waals surface area contributed by atoms with E-state index in [2.05, 4.69) is 38.7 Å². The zero-order valence-electron chi connectivity index (χ0n) is 15.3. The Morgan fingerprint density at radius 2 is 1.67 bits per heavy atom. The highest BCUT2D eigenvalue weighted by atomic mass is 79.9. The molecule has 4 N–H and O–H groups in total. The van der Waals surface area contributed by atoms with Crippen molar-refractivity contribution in [1.82, 2.24) is 5.32 Å². The Hall–Kier alpha value is -1.66. The van der Waals surface area contributed by atoms with Crippen LogP contribution in [0.1, 0.15) is 25.7 Å². The zero-order valence-corrected chi connectivity index (χ0v) is 16.9. The fourth-order valence-electron chi connectivity index (χ4n) is 5.07. The fourth-order valence-corrected chi connectivity index (χ4v) is 5.33. The maximum Gasteiger partial charge on any atom is 0.228 e. The van der Waals surface area contributed by atoms with Crippen LogP contribution in [0.2, 0.25) is 0 Å². The number of carbonyl (C=O) groups is 2. The van der Waals surface area contributed by atoms with Gasteiger partial charge in [-0.25, -0.2) is 0 Å². The van der Waals surface area contributed by atoms with Gasteiger partial charge in [-0.3, -0.25) is 9.59 Å². The summed E-state index contributed by atoms with van der Waals surface area (Å²) in [6.45, 7) is 1.26. The summed E-state index contributed by atoms with van der Waals surface area (Å²) in [4.78, 5) is 26.1. The van der Waals surface area contributed by atoms with Gasteiger partial charge in [0.25, 0.3) is 0 Å². The molecule has 0 aromatic heterocycles. The molecule has 1 aromatic carbocycles. The van der Waals surface area contributed by atoms with Gasteiger partial charge >= 0.3 is 0 Å². The van der Waals surface area contributed by atoms with E-state index in [1.807, 2.05) is 24.3 Å². The number of nitrogens with two attached hydrogens (primary N) is 1. The van der Waals surface area contributed by atoms with E-state index in [-0.39, 0.29) is 40.9 Å². The normalized spacial score (nSPS) is 29.1. The van der Waals surface area contributed by atoms with Crippen molar-refractivity contribution in [3.05, 3.63) is 40.9 Å². The van der Waals surface area contributed by atoms with Crippen LogP contribution in [0.3, 0.4) is 0 Å². The van der Waals surface area contributed by atoms with Crippen molar-refractivity contribution < 1.29 is 9.59 Å². The van der Waals surface area contributed by atoms with E-state index in [0.29, 0.717) is 13.1 Å². The summed E-state index contributed by atoms with van der Waals surface area (Å²) in [5, 5.41) is 6.08. The van der Waals surface area contributed by atoms with Crippen LogP contribution in [-0.2, 0) is 9.59 Å². The van der Waals surface area contributed by atoms with Gasteiger partial charge in [0.15, 0.2) is 0 Å². The van der Waals surface area contributed by atoms with E-state index in [1.54, 1.807) is 0 Å². The second-order valence-electron chi connectivity index (χ2n) is 8.00. The van der Waals surface area contributed by atoms with Crippen LogP contribution < -0.4 is 16.4 Å². The third kappa shape index (κ3) is 3.34. The summed E-state index contributed by atoms with van der Waals surface area (Å²) in [5.41, 5.74) is 6.45. The highest BCUT2D eigenvalue weighted by molar-refractivity contribution is 9.10. The number of hydrogen-bond donors (Lipinski definition) is 3. The van der Waals surface area contributed by atoms with Crippen LogP contribution in [0.5, 0.6) is 0 Å². The van der Waals surface area contributed by atoms with E-state index < -0.39 is 0 Å². The van der Waals surface area contributed by atoms with Gasteiger partial charge in [-0.05, 0) is 73.7 Å². The molecule has 2 amide bonds. The van der Waals surface area contributed by atoms with Crippen LogP contribution in [0.15, 0.2) is 40.9 Å². The predicted octanol–water partition coefficient (Wildman–Crippen LogP) is 3.07. The standard InChI is InChI=1S/C21H26BrN3O2/c22-13-3-5-14(6-4-13)25-20(27)18-16-8-7-15(21(16)9-10-21)17(18)19(26)24-12-2-1-11-23/h3-8,15-18H,1-2,9-12,23H2,(H,24,26)(H,25,27)/t15-,16+,17-,18-/m1/s1. The molecular weight excluding hydrogens is 406 g/mol. The van der Waals surface area contributed by atoms with Crippen molar-refractivity contribution in [2.45, 2.75) is 25.7 Å². The van der Waals surface area contributed by atoms with Gasteiger partial charge in [-0.1, -0.05) is 28.1 Å². The van der Waals surface area contributed by atoms with Crippen LogP contribution in [0, 0.1) is 29.1 Å². The molecule has 3 aliphatic rings. The first kappa shape index (κ1) is 18.7. The summed E-state index contributed by atoms with van der Waals surface area (Å²) in [7, 11) is 0. The van der Waals surface area contributed by atoms with E-state index in [9.17, 15) is 9.59 Å². The maximum atomic E-state index is 13.1. The number of amides is 2. The first-order chi connectivity index (χ1) is 13.1. The molecule has 0 aliphatic heterocycles. The van der Waals surface area contributed by atoms with Crippen molar-refractivity contribution in [3.8, 4) is 0 Å². The molecule has 0 heterocycles. The highest BCUT2D eigenvalue weighted by Gasteiger charge is 2.69. The molecule has 0 saturated heterocycles. The lowest BCUT2D eigenvalue weighted by atomic mass is 9.81. The molecule has 2 fully saturated rings. The summed E-state index contributed by atoms with van der Waals surface area (Å²) in [6.07, 6.45) is 8.38. The molecule has 5 nitrogen and oxygen atoms in total. The Bertz CT molecular complexity index is 757. The van der Waals surface area contributed by atoms with Crippen molar-refractivity contribution in [2.75, 3.05) is 18.4 Å². The average Bonchev–Trinajstić information content (AvgIpc) is 3.33. The van der Waals surface area contributed by atoms with Crippen LogP contribution in [0.4, 0.5) is 5.69 Å². The van der Waals surface area contributed by atoms with E-state index >= 15 is 0 Å². The molecule has 0 radical (unpaired) electrons. The number of anilines is 1. The Kier molecular flexibility index (Phi) is 5.12. The predicted molar refractivity (Wildman–Crippen MR) is 109 cm³/mol. The Morgan fingerprint density at radius 1 is 1.04 bits per heavy atom. The number of benzene rings is 1. The van der Waals surface area contributed by atoms with Gasteiger partial charge in [-0.2, -0.15) is 0 Å². The molecule has 6 heteroatoms. The van der Waals surface area contributed by atoms with Gasteiger partial charge in [0.1, 0.15) is 0 Å². The van der Waals surface area contributed by atoms with Crippen molar-refractivity contribution in [3.63, 3.8) is 0 Å². The second-order valence-corrected chi connectivity index (χ2v) is 8.92. The first-order valence-corrected chi connectivity index (χ1v) is 10.6. The molecule has 3 aliphatic carbocycles. The maximum absolute atomic E-state index is 13.1. The summed E-state index contributed by atoms with van der Waals surface area (Å²) in [5.74, 6) is -0.208. The fraction of sp³-hybridized carbons (Fsp3) is 0.524. The number of allylic oxidation sites excluding steroid dienone is 2. The van der Waals surface area contributed by atoms with E-state index in [4.69, 9.17) is 5.73 Å². The monoisotopic (exact) mass is 431 g/mol. The summed E-state index contributed by atoms with van der Waals surface area (Å²) < 4.78 is 0.968. The van der Waals surface area contributed by atoms with Crippen LogP contribution in [0.25, 0.3) is 0 Å². The average molecular weight is 432 g/mol. The van der Waals surface area contributed by atoms with Crippen molar-refractivity contribution in [1.29, 1.82) is 0 Å². The molecule has 2 saturated carbocycles. The Morgan fingerprint density at radius 3 is 2.26 bits per heavy atom. The lowest BCUT2D eigenvalue weighted by molar-refractivity contribution is -0.132. The third-order valence-corrected chi connectivity index (χ3v) is 7.02. The van der Waals surface area contributed by atoms with Gasteiger partial charge in [0.05, 0.1) is 11.8 Å². The molecular formula is C21H26BrN3O2. The number of rotatable bonds is 7. The lowest BCUT2D eigenvalue weighted by Crippen LogP contribution is -2.42. The molecule has 144 valence electrons. The highest BCUT2D eigenvalue weighted by Crippen LogP contribution is 2.72. The largest absolute Gasteiger partial charge is 0.356 e. The Balaban J connectivity index is 1.50. The quantitative estimate of drug-likeness (QED) is 0.458. The minimum Gasteiger partial charge on any atom is -0.356 e. The van der Waals surface area contributed by atoms with Gasteiger partial charge in [0, 0.05) is 16.7 Å². The molecule has 1 aromatic rings. The zero-order chi connectivity index (χ0) is 19.0. The lowest BCUT2D eigenvalue weighted by Gasteiger charge is -2.26. The Labute approximate surface area is 168 Å². The van der Waals surface area contributed by atoms with Crippen molar-refractivity contribution in [2.24, 2.45) is 34.8 Å². The minimum atomic E-state index is -0.291. The SMILES string of the molecule is NCCCCNC(=O)[C@H]1[C@H](C(=O)Nc2ccc(Br)cc2)[C@@H]2C=C[C@H]1C21CC1. The number of halogens is 1. The van der Waals surface area contributed by atoms with Gasteiger partial charge in [0.2, 0.25) is 11.8 Å². The molecule has 4 rings (SSSR count).